The molecule has 0 radical (unpaired) electrons. The molecule has 0 saturated carbocycles. The minimum atomic E-state index is -3.55. The summed E-state index contributed by atoms with van der Waals surface area (Å²) < 4.78 is 34.3. The first-order chi connectivity index (χ1) is 15.0. The van der Waals surface area contributed by atoms with Gasteiger partial charge >= 0.3 is 0 Å². The summed E-state index contributed by atoms with van der Waals surface area (Å²) in [7, 11) is -3.55. The van der Waals surface area contributed by atoms with E-state index in [0.717, 1.165) is 13.0 Å². The van der Waals surface area contributed by atoms with Gasteiger partial charge in [0.25, 0.3) is 5.91 Å². The van der Waals surface area contributed by atoms with E-state index < -0.39 is 10.0 Å². The van der Waals surface area contributed by atoms with Gasteiger partial charge in [0.05, 0.1) is 18.1 Å². The van der Waals surface area contributed by atoms with Crippen molar-refractivity contribution in [3.8, 4) is 0 Å². The molecule has 1 aromatic heterocycles. The molecule has 4 rings (SSSR count). The molecule has 7 nitrogen and oxygen atoms in total. The van der Waals surface area contributed by atoms with Gasteiger partial charge in [-0.05, 0) is 55.1 Å². The SMILES string of the molecule is Cc1cc2ccccc2n1CCCNC(=O)c1ccc(S(=O)(=O)N2CCOCC2)cc1. The molecule has 1 N–H and O–H groups in total. The van der Waals surface area contributed by atoms with Gasteiger partial charge in [-0.1, -0.05) is 18.2 Å². The van der Waals surface area contributed by atoms with Crippen LogP contribution in [0.15, 0.2) is 59.5 Å². The highest BCUT2D eigenvalue weighted by Gasteiger charge is 2.26. The Bertz CT molecular complexity index is 1160. The first kappa shape index (κ1) is 21.5. The van der Waals surface area contributed by atoms with Crippen LogP contribution in [0.2, 0.25) is 0 Å². The third kappa shape index (κ3) is 4.66. The van der Waals surface area contributed by atoms with E-state index in [-0.39, 0.29) is 10.8 Å². The fourth-order valence-corrected chi connectivity index (χ4v) is 5.31. The van der Waals surface area contributed by atoms with E-state index in [9.17, 15) is 13.2 Å². The third-order valence-electron chi connectivity index (χ3n) is 5.59. The molecule has 1 aliphatic rings. The van der Waals surface area contributed by atoms with Gasteiger partial charge in [-0.3, -0.25) is 4.79 Å². The van der Waals surface area contributed by atoms with Crippen LogP contribution >= 0.6 is 0 Å². The molecular formula is C23H27N3O4S. The van der Waals surface area contributed by atoms with Crippen LogP contribution in [0.3, 0.4) is 0 Å². The van der Waals surface area contributed by atoms with E-state index in [2.05, 4.69) is 35.0 Å². The molecule has 1 amide bonds. The van der Waals surface area contributed by atoms with Gasteiger partial charge in [0, 0.05) is 43.0 Å². The highest BCUT2D eigenvalue weighted by molar-refractivity contribution is 7.89. The zero-order chi connectivity index (χ0) is 21.8. The van der Waals surface area contributed by atoms with Crippen LogP contribution in [0, 0.1) is 6.92 Å². The number of nitrogens with one attached hydrogen (secondary N) is 1. The number of morpholine rings is 1. The van der Waals surface area contributed by atoms with E-state index in [4.69, 9.17) is 4.74 Å². The predicted molar refractivity (Wildman–Crippen MR) is 120 cm³/mol. The lowest BCUT2D eigenvalue weighted by Crippen LogP contribution is -2.40. The highest BCUT2D eigenvalue weighted by atomic mass is 32.2. The Kier molecular flexibility index (Phi) is 6.41. The second-order valence-electron chi connectivity index (χ2n) is 7.65. The number of para-hydroxylation sites is 1. The van der Waals surface area contributed by atoms with Crippen LogP contribution in [-0.4, -0.2) is 56.0 Å². The summed E-state index contributed by atoms with van der Waals surface area (Å²) in [5, 5.41) is 4.14. The molecule has 8 heteroatoms. The predicted octanol–water partition coefficient (Wildman–Crippen LogP) is 2.79. The Labute approximate surface area is 182 Å². The van der Waals surface area contributed by atoms with E-state index in [1.165, 1.54) is 33.0 Å². The molecule has 2 heterocycles. The van der Waals surface area contributed by atoms with Crippen LogP contribution in [0.5, 0.6) is 0 Å². The number of amides is 1. The van der Waals surface area contributed by atoms with Gasteiger partial charge in [-0.2, -0.15) is 4.31 Å². The van der Waals surface area contributed by atoms with Crippen LogP contribution in [-0.2, 0) is 21.3 Å². The minimum absolute atomic E-state index is 0.195. The lowest BCUT2D eigenvalue weighted by atomic mass is 10.2. The van der Waals surface area contributed by atoms with Crippen LogP contribution in [0.25, 0.3) is 10.9 Å². The van der Waals surface area contributed by atoms with Crippen molar-refractivity contribution in [2.24, 2.45) is 0 Å². The first-order valence-electron chi connectivity index (χ1n) is 10.5. The highest BCUT2D eigenvalue weighted by Crippen LogP contribution is 2.20. The molecular weight excluding hydrogens is 414 g/mol. The minimum Gasteiger partial charge on any atom is -0.379 e. The van der Waals surface area contributed by atoms with Gasteiger partial charge < -0.3 is 14.6 Å². The first-order valence-corrected chi connectivity index (χ1v) is 11.9. The Morgan fingerprint density at radius 1 is 1.06 bits per heavy atom. The second kappa shape index (κ2) is 9.21. The lowest BCUT2D eigenvalue weighted by Gasteiger charge is -2.26. The number of carbonyl (C=O) groups is 1. The fourth-order valence-electron chi connectivity index (χ4n) is 3.90. The summed E-state index contributed by atoms with van der Waals surface area (Å²) >= 11 is 0. The monoisotopic (exact) mass is 441 g/mol. The Balaban J connectivity index is 1.32. The van der Waals surface area contributed by atoms with Gasteiger partial charge in [0.2, 0.25) is 10.0 Å². The summed E-state index contributed by atoms with van der Waals surface area (Å²) in [4.78, 5) is 12.6. The van der Waals surface area contributed by atoms with Crippen molar-refractivity contribution < 1.29 is 17.9 Å². The molecule has 0 unspecified atom stereocenters. The van der Waals surface area contributed by atoms with E-state index in [0.29, 0.717) is 38.4 Å². The molecule has 1 saturated heterocycles. The van der Waals surface area contributed by atoms with Crippen molar-refractivity contribution in [3.63, 3.8) is 0 Å². The molecule has 0 aliphatic carbocycles. The number of fused-ring (bicyclic) bond motifs is 1. The number of rotatable bonds is 7. The normalized spacial score (nSPS) is 15.3. The van der Waals surface area contributed by atoms with Gasteiger partial charge in [0.1, 0.15) is 0 Å². The quantitative estimate of drug-likeness (QED) is 0.572. The van der Waals surface area contributed by atoms with E-state index >= 15 is 0 Å². The third-order valence-corrected chi connectivity index (χ3v) is 7.50. The van der Waals surface area contributed by atoms with Gasteiger partial charge in [0.15, 0.2) is 0 Å². The summed E-state index contributed by atoms with van der Waals surface area (Å²) in [5.41, 5.74) is 2.84. The smallest absolute Gasteiger partial charge is 0.251 e. The molecule has 164 valence electrons. The van der Waals surface area contributed by atoms with Crippen LogP contribution in [0.1, 0.15) is 22.5 Å². The molecule has 1 fully saturated rings. The number of carbonyl (C=O) groups excluding carboxylic acids is 1. The maximum atomic E-state index is 12.7. The summed E-state index contributed by atoms with van der Waals surface area (Å²) in [5.74, 6) is -0.204. The van der Waals surface area contributed by atoms with Crippen molar-refractivity contribution >= 4 is 26.8 Å². The summed E-state index contributed by atoms with van der Waals surface area (Å²) in [6, 6.07) is 16.5. The fraction of sp³-hybridized carbons (Fsp3) is 0.348. The van der Waals surface area contributed by atoms with Crippen molar-refractivity contribution in [2.75, 3.05) is 32.8 Å². The van der Waals surface area contributed by atoms with E-state index in [1.54, 1.807) is 12.1 Å². The average Bonchev–Trinajstić information content (AvgIpc) is 3.12. The van der Waals surface area contributed by atoms with Crippen molar-refractivity contribution in [1.29, 1.82) is 0 Å². The number of aryl methyl sites for hydroxylation is 2. The number of nitrogens with zero attached hydrogens (tertiary/aromatic N) is 2. The number of hydrogen-bond acceptors (Lipinski definition) is 4. The molecule has 2 aromatic carbocycles. The Hall–Kier alpha value is -2.68. The molecule has 31 heavy (non-hydrogen) atoms. The zero-order valence-electron chi connectivity index (χ0n) is 17.6. The van der Waals surface area contributed by atoms with Crippen LogP contribution in [0.4, 0.5) is 0 Å². The molecule has 0 spiro atoms. The molecule has 0 bridgehead atoms. The maximum Gasteiger partial charge on any atom is 0.251 e. The topological polar surface area (TPSA) is 80.6 Å². The number of ether oxygens (including phenoxy) is 1. The standard InChI is InChI=1S/C23H27N3O4S/c1-18-17-20-5-2-3-6-22(20)26(18)12-4-11-24-23(27)19-7-9-21(10-8-19)31(28,29)25-13-15-30-16-14-25/h2-3,5-10,17H,4,11-16H2,1H3,(H,24,27). The average molecular weight is 442 g/mol. The molecule has 3 aromatic rings. The lowest BCUT2D eigenvalue weighted by molar-refractivity contribution is 0.0730. The Morgan fingerprint density at radius 3 is 2.52 bits per heavy atom. The van der Waals surface area contributed by atoms with Crippen molar-refractivity contribution in [3.05, 3.63) is 65.9 Å². The summed E-state index contributed by atoms with van der Waals surface area (Å²) in [6.45, 7) is 4.94. The van der Waals surface area contributed by atoms with E-state index in [1.807, 2.05) is 12.1 Å². The summed E-state index contributed by atoms with van der Waals surface area (Å²) in [6.07, 6.45) is 0.800. The van der Waals surface area contributed by atoms with Gasteiger partial charge in [-0.15, -0.1) is 0 Å². The van der Waals surface area contributed by atoms with Crippen LogP contribution < -0.4 is 5.32 Å². The molecule has 0 atom stereocenters. The number of hydrogen-bond donors (Lipinski definition) is 1. The molecule has 1 aliphatic heterocycles. The zero-order valence-corrected chi connectivity index (χ0v) is 18.4. The van der Waals surface area contributed by atoms with Gasteiger partial charge in [-0.25, -0.2) is 8.42 Å². The largest absolute Gasteiger partial charge is 0.379 e. The number of aromatic nitrogens is 1. The van der Waals surface area contributed by atoms with Crippen molar-refractivity contribution in [1.82, 2.24) is 14.2 Å². The second-order valence-corrected chi connectivity index (χ2v) is 9.58. The maximum absolute atomic E-state index is 12.7. The van der Waals surface area contributed by atoms with Crippen molar-refractivity contribution in [2.45, 2.75) is 24.8 Å². The number of benzene rings is 2. The number of sulfonamides is 1. The Morgan fingerprint density at radius 2 is 1.77 bits per heavy atom.